The summed E-state index contributed by atoms with van der Waals surface area (Å²) in [6, 6.07) is 0. The van der Waals surface area contributed by atoms with Crippen molar-refractivity contribution in [2.75, 3.05) is 6.61 Å². The third-order valence-electron chi connectivity index (χ3n) is 2.32. The second kappa shape index (κ2) is 3.40. The smallest absolute Gasteiger partial charge is 0.126 e. The van der Waals surface area contributed by atoms with E-state index in [4.69, 9.17) is 5.11 Å². The highest BCUT2D eigenvalue weighted by Crippen LogP contribution is 2.37. The molecular formula is C10H16O2. The molecule has 0 radical (unpaired) electrons. The molecule has 1 unspecified atom stereocenters. The van der Waals surface area contributed by atoms with E-state index in [1.807, 2.05) is 6.08 Å². The first-order chi connectivity index (χ1) is 5.57. The molecule has 0 bridgehead atoms. The normalized spacial score (nSPS) is 27.9. The first-order valence-electron chi connectivity index (χ1n) is 4.33. The zero-order valence-corrected chi connectivity index (χ0v) is 7.71. The number of hydrogen-bond donors (Lipinski definition) is 1. The number of hydrogen-bond acceptors (Lipinski definition) is 2. The lowest BCUT2D eigenvalue weighted by Gasteiger charge is -2.32. The molecule has 0 spiro atoms. The Labute approximate surface area is 73.3 Å². The summed E-state index contributed by atoms with van der Waals surface area (Å²) < 4.78 is 0. The van der Waals surface area contributed by atoms with Gasteiger partial charge >= 0.3 is 0 Å². The maximum atomic E-state index is 10.6. The van der Waals surface area contributed by atoms with Gasteiger partial charge in [0.1, 0.15) is 6.29 Å². The predicted molar refractivity (Wildman–Crippen MR) is 47.7 cm³/mol. The van der Waals surface area contributed by atoms with Crippen molar-refractivity contribution in [3.05, 3.63) is 11.6 Å². The molecule has 1 atom stereocenters. The number of carbonyl (C=O) groups is 1. The average molecular weight is 168 g/mol. The van der Waals surface area contributed by atoms with Gasteiger partial charge < -0.3 is 9.90 Å². The summed E-state index contributed by atoms with van der Waals surface area (Å²) in [4.78, 5) is 10.6. The van der Waals surface area contributed by atoms with Gasteiger partial charge in [-0.25, -0.2) is 0 Å². The van der Waals surface area contributed by atoms with Crippen LogP contribution in [0.3, 0.4) is 0 Å². The molecule has 2 nitrogen and oxygen atoms in total. The van der Waals surface area contributed by atoms with Crippen molar-refractivity contribution >= 4 is 6.29 Å². The van der Waals surface area contributed by atoms with Crippen molar-refractivity contribution < 1.29 is 9.90 Å². The molecule has 1 rings (SSSR count). The fraction of sp³-hybridized carbons (Fsp3) is 0.700. The van der Waals surface area contributed by atoms with Crippen molar-refractivity contribution in [3.8, 4) is 0 Å². The van der Waals surface area contributed by atoms with E-state index in [0.717, 1.165) is 24.7 Å². The van der Waals surface area contributed by atoms with Crippen LogP contribution in [0.5, 0.6) is 0 Å². The second-order valence-corrected chi connectivity index (χ2v) is 4.33. The number of aliphatic hydroxyl groups excluding tert-OH is 1. The Bertz CT molecular complexity index is 204. The molecule has 0 aromatic rings. The van der Waals surface area contributed by atoms with E-state index >= 15 is 0 Å². The van der Waals surface area contributed by atoms with E-state index in [0.29, 0.717) is 0 Å². The van der Waals surface area contributed by atoms with Gasteiger partial charge in [0.15, 0.2) is 0 Å². The molecule has 0 aromatic heterocycles. The molecule has 1 N–H and O–H groups in total. The van der Waals surface area contributed by atoms with Crippen LogP contribution >= 0.6 is 0 Å². The van der Waals surface area contributed by atoms with E-state index in [2.05, 4.69) is 13.8 Å². The van der Waals surface area contributed by atoms with Gasteiger partial charge in [0.25, 0.3) is 0 Å². The van der Waals surface area contributed by atoms with Crippen molar-refractivity contribution in [1.29, 1.82) is 0 Å². The Kier molecular flexibility index (Phi) is 2.68. The maximum Gasteiger partial charge on any atom is 0.126 e. The quantitative estimate of drug-likeness (QED) is 0.501. The summed E-state index contributed by atoms with van der Waals surface area (Å²) in [7, 11) is 0. The molecule has 1 aliphatic rings. The highest BCUT2D eigenvalue weighted by Gasteiger charge is 2.27. The molecular weight excluding hydrogens is 152 g/mol. The Morgan fingerprint density at radius 2 is 2.42 bits per heavy atom. The number of carbonyl (C=O) groups excluding carboxylic acids is 1. The Balaban J connectivity index is 2.77. The SMILES string of the molecule is CC1(C)CC(CO)=CC(C=O)C1. The molecule has 0 saturated heterocycles. The summed E-state index contributed by atoms with van der Waals surface area (Å²) >= 11 is 0. The molecule has 0 aliphatic heterocycles. The van der Waals surface area contributed by atoms with Crippen LogP contribution in [0.1, 0.15) is 26.7 Å². The fourth-order valence-corrected chi connectivity index (χ4v) is 1.94. The number of rotatable bonds is 2. The van der Waals surface area contributed by atoms with Crippen LogP contribution in [-0.4, -0.2) is 18.0 Å². The molecule has 1 aliphatic carbocycles. The maximum absolute atomic E-state index is 10.6. The van der Waals surface area contributed by atoms with Gasteiger partial charge in [-0.15, -0.1) is 0 Å². The van der Waals surface area contributed by atoms with Crippen LogP contribution in [0.2, 0.25) is 0 Å². The highest BCUT2D eigenvalue weighted by molar-refractivity contribution is 5.57. The molecule has 2 heteroatoms. The van der Waals surface area contributed by atoms with E-state index in [1.54, 1.807) is 0 Å². The van der Waals surface area contributed by atoms with E-state index < -0.39 is 0 Å². The van der Waals surface area contributed by atoms with Gasteiger partial charge in [-0.3, -0.25) is 0 Å². The van der Waals surface area contributed by atoms with Crippen LogP contribution in [0.4, 0.5) is 0 Å². The molecule has 0 heterocycles. The number of allylic oxidation sites excluding steroid dienone is 1. The van der Waals surface area contributed by atoms with Crippen molar-refractivity contribution in [2.45, 2.75) is 26.7 Å². The van der Waals surface area contributed by atoms with Gasteiger partial charge in [-0.2, -0.15) is 0 Å². The van der Waals surface area contributed by atoms with Crippen LogP contribution < -0.4 is 0 Å². The summed E-state index contributed by atoms with van der Waals surface area (Å²) in [5.74, 6) is 0.0101. The van der Waals surface area contributed by atoms with Crippen LogP contribution in [0.15, 0.2) is 11.6 Å². The van der Waals surface area contributed by atoms with Crippen LogP contribution in [-0.2, 0) is 4.79 Å². The van der Waals surface area contributed by atoms with Gasteiger partial charge in [0, 0.05) is 5.92 Å². The Morgan fingerprint density at radius 3 is 2.92 bits per heavy atom. The monoisotopic (exact) mass is 168 g/mol. The summed E-state index contributed by atoms with van der Waals surface area (Å²) in [6.07, 6.45) is 4.68. The predicted octanol–water partition coefficient (Wildman–Crippen LogP) is 1.54. The third kappa shape index (κ3) is 2.18. The number of aliphatic hydroxyl groups is 1. The van der Waals surface area contributed by atoms with Crippen LogP contribution in [0.25, 0.3) is 0 Å². The number of aldehydes is 1. The lowest BCUT2D eigenvalue weighted by molar-refractivity contribution is -0.110. The van der Waals surface area contributed by atoms with Gasteiger partial charge in [-0.05, 0) is 23.8 Å². The van der Waals surface area contributed by atoms with Gasteiger partial charge in [0.05, 0.1) is 6.61 Å². The second-order valence-electron chi connectivity index (χ2n) is 4.33. The summed E-state index contributed by atoms with van der Waals surface area (Å²) in [6.45, 7) is 4.35. The molecule has 0 fully saturated rings. The van der Waals surface area contributed by atoms with E-state index in [-0.39, 0.29) is 17.9 Å². The molecule has 12 heavy (non-hydrogen) atoms. The third-order valence-corrected chi connectivity index (χ3v) is 2.32. The molecule has 0 amide bonds. The standard InChI is InChI=1S/C10H16O2/c1-10(2)4-8(6-11)3-9(5-10)7-12/h3,6,8,12H,4-5,7H2,1-2H3. The Morgan fingerprint density at radius 1 is 1.75 bits per heavy atom. The molecule has 0 aromatic carbocycles. The topological polar surface area (TPSA) is 37.3 Å². The average Bonchev–Trinajstić information content (AvgIpc) is 2.01. The van der Waals surface area contributed by atoms with Crippen molar-refractivity contribution in [3.63, 3.8) is 0 Å². The zero-order chi connectivity index (χ0) is 9.19. The van der Waals surface area contributed by atoms with Gasteiger partial charge in [-0.1, -0.05) is 19.9 Å². The minimum atomic E-state index is 0.0101. The van der Waals surface area contributed by atoms with Crippen molar-refractivity contribution in [2.24, 2.45) is 11.3 Å². The lowest BCUT2D eigenvalue weighted by atomic mass is 9.73. The lowest BCUT2D eigenvalue weighted by Crippen LogP contribution is -2.23. The fourth-order valence-electron chi connectivity index (χ4n) is 1.94. The van der Waals surface area contributed by atoms with Crippen LogP contribution in [0, 0.1) is 11.3 Å². The van der Waals surface area contributed by atoms with Crippen molar-refractivity contribution in [1.82, 2.24) is 0 Å². The molecule has 0 saturated carbocycles. The van der Waals surface area contributed by atoms with Gasteiger partial charge in [0.2, 0.25) is 0 Å². The van der Waals surface area contributed by atoms with E-state index in [1.165, 1.54) is 0 Å². The minimum Gasteiger partial charge on any atom is -0.392 e. The molecule has 68 valence electrons. The first kappa shape index (κ1) is 9.46. The Hall–Kier alpha value is -0.630. The highest BCUT2D eigenvalue weighted by atomic mass is 16.3. The first-order valence-corrected chi connectivity index (χ1v) is 4.33. The van der Waals surface area contributed by atoms with E-state index in [9.17, 15) is 4.79 Å². The summed E-state index contributed by atoms with van der Waals surface area (Å²) in [5, 5.41) is 8.95. The minimum absolute atomic E-state index is 0.0101. The largest absolute Gasteiger partial charge is 0.392 e. The summed E-state index contributed by atoms with van der Waals surface area (Å²) in [5.41, 5.74) is 1.17. The zero-order valence-electron chi connectivity index (χ0n) is 7.71.